The summed E-state index contributed by atoms with van der Waals surface area (Å²) in [7, 11) is 8.07. The molecule has 448 valence electrons. The van der Waals surface area contributed by atoms with Gasteiger partial charge < -0.3 is 45.3 Å². The zero-order chi connectivity index (χ0) is 59.7. The quantitative estimate of drug-likeness (QED) is 0.0859. The second-order valence-electron chi connectivity index (χ2n) is 23.4. The number of halogens is 3. The van der Waals surface area contributed by atoms with Gasteiger partial charge in [-0.05, 0) is 216 Å². The van der Waals surface area contributed by atoms with Crippen molar-refractivity contribution in [3.8, 4) is 0 Å². The van der Waals surface area contributed by atoms with Gasteiger partial charge in [0.1, 0.15) is 0 Å². The smallest absolute Gasteiger partial charge is 0.253 e. The molecule has 4 fully saturated rings. The fourth-order valence-electron chi connectivity index (χ4n) is 12.4. The molecule has 1 aliphatic carbocycles. The Morgan fingerprint density at radius 3 is 1.41 bits per heavy atom. The lowest BCUT2D eigenvalue weighted by molar-refractivity contribution is 0.0652. The number of hydrogen-bond donors (Lipinski definition) is 4. The highest BCUT2D eigenvalue weighted by atomic mass is 79.9. The molecule has 0 radical (unpaired) electrons. The Morgan fingerprint density at radius 1 is 0.565 bits per heavy atom. The second-order valence-corrected chi connectivity index (χ2v) is 25.1. The minimum absolute atomic E-state index is 0.00282. The van der Waals surface area contributed by atoms with E-state index in [9.17, 15) is 19.8 Å². The van der Waals surface area contributed by atoms with E-state index in [4.69, 9.17) is 28.2 Å². The number of carbonyl (C=O) groups excluding carboxylic acids is 2. The number of hydrogen-bond acceptors (Lipinski definition) is 13. The van der Waals surface area contributed by atoms with E-state index in [-0.39, 0.29) is 41.9 Å². The number of anilines is 5. The number of piperidine rings is 3. The van der Waals surface area contributed by atoms with Crippen LogP contribution >= 0.6 is 39.1 Å². The van der Waals surface area contributed by atoms with Crippen LogP contribution in [-0.2, 0) is 10.8 Å². The predicted molar refractivity (Wildman–Crippen MR) is 343 cm³/mol. The molecule has 4 N–H and O–H groups in total. The molecule has 4 aromatic carbocycles. The molecule has 0 bridgehead atoms. The van der Waals surface area contributed by atoms with Crippen LogP contribution in [0.4, 0.5) is 29.0 Å². The van der Waals surface area contributed by atoms with Crippen molar-refractivity contribution in [1.29, 1.82) is 0 Å². The van der Waals surface area contributed by atoms with Crippen LogP contribution in [0, 0.1) is 0 Å². The van der Waals surface area contributed by atoms with Crippen LogP contribution < -0.4 is 15.5 Å². The number of rotatable bonds is 13. The van der Waals surface area contributed by atoms with Crippen molar-refractivity contribution in [2.45, 2.75) is 93.5 Å². The Kier molecular flexibility index (Phi) is 20.1. The molecule has 3 aliphatic heterocycles. The molecular weight excluding hydrogens is 1180 g/mol. The number of likely N-dealkylation sites (tertiary alicyclic amines) is 2. The Hall–Kier alpha value is -6.64. The number of nitrogens with zero attached hydrogens (tertiary/aromatic N) is 11. The predicted octanol–water partition coefficient (Wildman–Crippen LogP) is 11.8. The van der Waals surface area contributed by atoms with Crippen molar-refractivity contribution in [2.75, 3.05) is 96.2 Å². The molecule has 1 saturated carbocycles. The number of fused-ring (bicyclic) bond motifs is 2. The van der Waals surface area contributed by atoms with Crippen molar-refractivity contribution in [2.24, 2.45) is 0 Å². The standard InChI is InChI=1S/C32H38ClN7O2.C20H23BrN6O.C13H17ClO/c1-37-18-13-27(14-19-37)38(2)30(42)23-5-11-26(12-6-23)34-31-35-29-28(4-3-17-40(29)36-31)39-20-15-32(22-41,16-21-39)24-7-9-25(33)10-8-24;1-25-12-9-16(10-13-25)26(2)19(28)14-5-7-15(8-6-14)22-20-23-18-17(21)4-3-11-27(18)24-20;14-12-6-4-11(5-7-12)13(10-15)8-2-1-3-9-13/h3-12,17,27,41H,13-16,18-22H2,1-2H3,(H,34,36);3-8,11,16H,9-10,12-13H2,1-2H3,(H,22,24);4-7,15H,1-3,8-10H2. The zero-order valence-corrected chi connectivity index (χ0v) is 52.2. The van der Waals surface area contributed by atoms with Gasteiger partial charge in [-0.2, -0.15) is 9.97 Å². The molecule has 2 amide bonds. The van der Waals surface area contributed by atoms with E-state index in [2.05, 4.69) is 88.7 Å². The highest BCUT2D eigenvalue weighted by Crippen LogP contribution is 2.40. The van der Waals surface area contributed by atoms with Gasteiger partial charge in [-0.15, -0.1) is 10.2 Å². The average molecular weight is 1260 g/mol. The Morgan fingerprint density at radius 2 is 0.976 bits per heavy atom. The summed E-state index contributed by atoms with van der Waals surface area (Å²) in [6.45, 7) is 6.05. The Bertz CT molecular complexity index is 3480. The summed E-state index contributed by atoms with van der Waals surface area (Å²) < 4.78 is 4.38. The first-order valence-corrected chi connectivity index (χ1v) is 31.2. The maximum atomic E-state index is 13.1. The highest BCUT2D eigenvalue weighted by Gasteiger charge is 2.37. The summed E-state index contributed by atoms with van der Waals surface area (Å²) in [4.78, 5) is 45.9. The van der Waals surface area contributed by atoms with Crippen LogP contribution in [0.15, 0.2) is 138 Å². The molecule has 85 heavy (non-hydrogen) atoms. The van der Waals surface area contributed by atoms with Crippen molar-refractivity contribution >= 4 is 91.2 Å². The lowest BCUT2D eigenvalue weighted by Crippen LogP contribution is -2.45. The van der Waals surface area contributed by atoms with Gasteiger partial charge in [0.15, 0.2) is 11.3 Å². The third-order valence-electron chi connectivity index (χ3n) is 17.9. The summed E-state index contributed by atoms with van der Waals surface area (Å²) in [6.07, 6.45) is 15.4. The summed E-state index contributed by atoms with van der Waals surface area (Å²) >= 11 is 15.5. The Balaban J connectivity index is 0.000000159. The van der Waals surface area contributed by atoms with E-state index < -0.39 is 0 Å². The molecule has 0 unspecified atom stereocenters. The van der Waals surface area contributed by atoms with Crippen molar-refractivity contribution in [1.82, 2.24) is 48.8 Å². The number of aliphatic hydroxyl groups is 2. The Labute approximate surface area is 517 Å². The topological polar surface area (TPSA) is 175 Å². The lowest BCUT2D eigenvalue weighted by Gasteiger charge is -2.42. The van der Waals surface area contributed by atoms with Gasteiger partial charge in [0, 0.05) is 95.0 Å². The summed E-state index contributed by atoms with van der Waals surface area (Å²) in [5.41, 5.74) is 7.66. The van der Waals surface area contributed by atoms with Gasteiger partial charge in [0.25, 0.3) is 11.8 Å². The summed E-state index contributed by atoms with van der Waals surface area (Å²) in [5, 5.41) is 37.0. The van der Waals surface area contributed by atoms with Gasteiger partial charge in [-0.25, -0.2) is 9.03 Å². The maximum Gasteiger partial charge on any atom is 0.253 e. The van der Waals surface area contributed by atoms with Crippen LogP contribution in [0.1, 0.15) is 102 Å². The van der Waals surface area contributed by atoms with Gasteiger partial charge in [-0.1, -0.05) is 66.7 Å². The van der Waals surface area contributed by atoms with E-state index in [1.165, 1.54) is 24.8 Å². The molecule has 7 heterocycles. The molecule has 20 heteroatoms. The highest BCUT2D eigenvalue weighted by molar-refractivity contribution is 9.10. The van der Waals surface area contributed by atoms with E-state index in [1.54, 1.807) is 9.03 Å². The van der Waals surface area contributed by atoms with E-state index in [0.717, 1.165) is 134 Å². The molecule has 0 atom stereocenters. The number of nitrogens with one attached hydrogen (secondary N) is 2. The van der Waals surface area contributed by atoms with Gasteiger partial charge in [-0.3, -0.25) is 9.59 Å². The minimum Gasteiger partial charge on any atom is -0.395 e. The van der Waals surface area contributed by atoms with Crippen molar-refractivity contribution < 1.29 is 19.8 Å². The molecule has 12 rings (SSSR count). The lowest BCUT2D eigenvalue weighted by atomic mass is 9.70. The number of carbonyl (C=O) groups is 2. The monoisotopic (exact) mass is 1250 g/mol. The van der Waals surface area contributed by atoms with Gasteiger partial charge >= 0.3 is 0 Å². The normalized spacial score (nSPS) is 17.5. The first kappa shape index (κ1) is 61.4. The van der Waals surface area contributed by atoms with Crippen LogP contribution in [-0.4, -0.2) is 164 Å². The first-order valence-electron chi connectivity index (χ1n) is 29.6. The fourth-order valence-corrected chi connectivity index (χ4v) is 13.0. The minimum atomic E-state index is -0.276. The SMILES string of the molecule is CN1CCC(N(C)C(=O)c2ccc(Nc3nc4c(Br)cccn4n3)cc2)CC1.CN1CCC(N(C)C(=O)c2ccc(Nc3nc4c(N5CCC(CO)(c6ccc(Cl)cc6)CC5)cccn4n3)cc2)CC1.OCC1(c2ccc(Cl)cc2)CCCCC1. The average Bonchev–Trinajstić information content (AvgIpc) is 3.77. The van der Waals surface area contributed by atoms with Gasteiger partial charge in [0.05, 0.1) is 23.4 Å². The maximum absolute atomic E-state index is 13.1. The second kappa shape index (κ2) is 27.8. The molecule has 0 spiro atoms. The molecule has 4 aromatic heterocycles. The van der Waals surface area contributed by atoms with E-state index >= 15 is 0 Å². The van der Waals surface area contributed by atoms with Crippen LogP contribution in [0.2, 0.25) is 10.0 Å². The van der Waals surface area contributed by atoms with Crippen molar-refractivity contribution in [3.63, 3.8) is 0 Å². The number of aromatic nitrogens is 6. The van der Waals surface area contributed by atoms with E-state index in [0.29, 0.717) is 34.1 Å². The number of pyridine rings is 2. The van der Waals surface area contributed by atoms with E-state index in [1.807, 2.05) is 139 Å². The molecule has 17 nitrogen and oxygen atoms in total. The number of amides is 2. The van der Waals surface area contributed by atoms with Crippen LogP contribution in [0.25, 0.3) is 11.3 Å². The van der Waals surface area contributed by atoms with Crippen molar-refractivity contribution in [3.05, 3.63) is 170 Å². The number of benzene rings is 4. The molecule has 8 aromatic rings. The molecular formula is C65H78BrCl2N13O4. The molecule has 4 aliphatic rings. The summed E-state index contributed by atoms with van der Waals surface area (Å²) in [6, 6.07) is 39.3. The third kappa shape index (κ3) is 14.6. The largest absolute Gasteiger partial charge is 0.395 e. The first-order chi connectivity index (χ1) is 41.1. The van der Waals surface area contributed by atoms with Gasteiger partial charge in [0.2, 0.25) is 11.9 Å². The fraction of sp³-hybridized carbons (Fsp3) is 0.415. The molecule has 3 saturated heterocycles. The van der Waals surface area contributed by atoms with Crippen LogP contribution in [0.5, 0.6) is 0 Å². The zero-order valence-electron chi connectivity index (χ0n) is 49.1. The summed E-state index contributed by atoms with van der Waals surface area (Å²) in [5.74, 6) is 1.12. The number of aliphatic hydroxyl groups excluding tert-OH is 2. The van der Waals surface area contributed by atoms with Crippen LogP contribution in [0.3, 0.4) is 0 Å². The third-order valence-corrected chi connectivity index (χ3v) is 19.1.